The lowest BCUT2D eigenvalue weighted by molar-refractivity contribution is 0.567. The molecule has 0 spiro atoms. The molecule has 1 nitrogen and oxygen atoms in total. The van der Waals surface area contributed by atoms with Crippen LogP contribution in [0.1, 0.15) is 18.7 Å². The van der Waals surface area contributed by atoms with Crippen LogP contribution in [0.3, 0.4) is 0 Å². The molecule has 0 saturated carbocycles. The van der Waals surface area contributed by atoms with Gasteiger partial charge in [-0.1, -0.05) is 29.8 Å². The zero-order valence-electron chi connectivity index (χ0n) is 9.33. The van der Waals surface area contributed by atoms with Gasteiger partial charge in [0.15, 0.2) is 0 Å². The van der Waals surface area contributed by atoms with Crippen LogP contribution in [0.25, 0.3) is 10.4 Å². The molecule has 0 unspecified atom stereocenters. The molecular weight excluding hydrogens is 238 g/mol. The fourth-order valence-corrected chi connectivity index (χ4v) is 2.84. The number of hydrogen-bond donors (Lipinski definition) is 1. The van der Waals surface area contributed by atoms with Crippen molar-refractivity contribution in [2.24, 2.45) is 5.73 Å². The Morgan fingerprint density at radius 1 is 1.12 bits per heavy atom. The fraction of sp³-hybridized carbons (Fsp3) is 0.231. The molecule has 16 heavy (non-hydrogen) atoms. The first kappa shape index (κ1) is 11.6. The molecule has 0 atom stereocenters. The topological polar surface area (TPSA) is 26.0 Å². The smallest absolute Gasteiger partial charge is 0.0492 e. The Morgan fingerprint density at radius 2 is 1.81 bits per heavy atom. The van der Waals surface area contributed by atoms with Crippen molar-refractivity contribution in [3.8, 4) is 10.4 Å². The van der Waals surface area contributed by atoms with Crippen LogP contribution in [0.2, 0.25) is 5.02 Å². The second-order valence-electron chi connectivity index (χ2n) is 4.37. The van der Waals surface area contributed by atoms with E-state index < -0.39 is 0 Å². The van der Waals surface area contributed by atoms with E-state index >= 15 is 0 Å². The van der Waals surface area contributed by atoms with Crippen LogP contribution in [0.5, 0.6) is 0 Å². The molecular formula is C13H14ClNS. The zero-order valence-corrected chi connectivity index (χ0v) is 10.9. The molecule has 0 aliphatic heterocycles. The molecule has 0 bridgehead atoms. The van der Waals surface area contributed by atoms with E-state index in [4.69, 9.17) is 17.3 Å². The molecule has 0 aliphatic rings. The van der Waals surface area contributed by atoms with E-state index in [-0.39, 0.29) is 5.54 Å². The lowest BCUT2D eigenvalue weighted by atomic mass is 10.1. The van der Waals surface area contributed by atoms with Crippen LogP contribution >= 0.6 is 22.9 Å². The average Bonchev–Trinajstić information content (AvgIpc) is 2.66. The van der Waals surface area contributed by atoms with E-state index in [1.807, 2.05) is 38.1 Å². The molecule has 1 aromatic carbocycles. The standard InChI is InChI=1S/C13H14ClNS/c1-13(2,15)12-8-7-11(16-12)9-5-3-4-6-10(9)14/h3-8H,15H2,1-2H3. The Bertz CT molecular complexity index is 497. The van der Waals surface area contributed by atoms with Gasteiger partial charge in [0.05, 0.1) is 0 Å². The number of nitrogens with two attached hydrogens (primary N) is 1. The Kier molecular flexibility index (Phi) is 3.06. The molecule has 0 saturated heterocycles. The quantitative estimate of drug-likeness (QED) is 0.848. The second kappa shape index (κ2) is 4.21. The predicted octanol–water partition coefficient (Wildman–Crippen LogP) is 4.26. The Hall–Kier alpha value is -0.830. The van der Waals surface area contributed by atoms with E-state index in [1.54, 1.807) is 11.3 Å². The average molecular weight is 252 g/mol. The lowest BCUT2D eigenvalue weighted by Gasteiger charge is -2.15. The first-order chi connectivity index (χ1) is 7.48. The van der Waals surface area contributed by atoms with Crippen molar-refractivity contribution in [3.05, 3.63) is 46.3 Å². The molecule has 84 valence electrons. The van der Waals surface area contributed by atoms with Crippen LogP contribution in [0.4, 0.5) is 0 Å². The normalized spacial score (nSPS) is 11.8. The highest BCUT2D eigenvalue weighted by Gasteiger charge is 2.17. The van der Waals surface area contributed by atoms with Crippen molar-refractivity contribution in [3.63, 3.8) is 0 Å². The van der Waals surface area contributed by atoms with Crippen LogP contribution in [0.15, 0.2) is 36.4 Å². The van der Waals surface area contributed by atoms with Gasteiger partial charge in [0.1, 0.15) is 0 Å². The molecule has 2 N–H and O–H groups in total. The summed E-state index contributed by atoms with van der Waals surface area (Å²) in [5.41, 5.74) is 6.85. The third kappa shape index (κ3) is 2.29. The van der Waals surface area contributed by atoms with Gasteiger partial charge in [-0.2, -0.15) is 0 Å². The van der Waals surface area contributed by atoms with Gasteiger partial charge >= 0.3 is 0 Å². The molecule has 0 aliphatic carbocycles. The number of hydrogen-bond acceptors (Lipinski definition) is 2. The van der Waals surface area contributed by atoms with Gasteiger partial charge in [-0.25, -0.2) is 0 Å². The minimum Gasteiger partial charge on any atom is -0.321 e. The summed E-state index contributed by atoms with van der Waals surface area (Å²) in [7, 11) is 0. The molecule has 3 heteroatoms. The number of rotatable bonds is 2. The number of halogens is 1. The minimum atomic E-state index is -0.288. The maximum atomic E-state index is 6.16. The summed E-state index contributed by atoms with van der Waals surface area (Å²) in [5, 5.41) is 0.783. The first-order valence-corrected chi connectivity index (χ1v) is 6.32. The molecule has 1 heterocycles. The van der Waals surface area contributed by atoms with Crippen LogP contribution in [-0.2, 0) is 5.54 Å². The molecule has 0 radical (unpaired) electrons. The van der Waals surface area contributed by atoms with Gasteiger partial charge in [0.25, 0.3) is 0 Å². The van der Waals surface area contributed by atoms with Crippen LogP contribution in [0, 0.1) is 0 Å². The molecule has 1 aromatic heterocycles. The third-order valence-corrected chi connectivity index (χ3v) is 4.17. The highest BCUT2D eigenvalue weighted by molar-refractivity contribution is 7.15. The zero-order chi connectivity index (χ0) is 11.8. The summed E-state index contributed by atoms with van der Waals surface area (Å²) < 4.78 is 0. The molecule has 2 rings (SSSR count). The van der Waals surface area contributed by atoms with Gasteiger partial charge in [-0.3, -0.25) is 0 Å². The second-order valence-corrected chi connectivity index (χ2v) is 5.86. The van der Waals surface area contributed by atoms with E-state index in [2.05, 4.69) is 12.1 Å². The van der Waals surface area contributed by atoms with Crippen molar-refractivity contribution in [1.82, 2.24) is 0 Å². The first-order valence-electron chi connectivity index (χ1n) is 5.12. The van der Waals surface area contributed by atoms with Crippen LogP contribution in [-0.4, -0.2) is 0 Å². The van der Waals surface area contributed by atoms with Gasteiger partial charge in [0.2, 0.25) is 0 Å². The van der Waals surface area contributed by atoms with Gasteiger partial charge in [-0.15, -0.1) is 11.3 Å². The van der Waals surface area contributed by atoms with Crippen molar-refractivity contribution in [2.75, 3.05) is 0 Å². The maximum Gasteiger partial charge on any atom is 0.0492 e. The van der Waals surface area contributed by atoms with Crippen molar-refractivity contribution >= 4 is 22.9 Å². The Morgan fingerprint density at radius 3 is 2.38 bits per heavy atom. The van der Waals surface area contributed by atoms with Crippen LogP contribution < -0.4 is 5.73 Å². The molecule has 0 amide bonds. The molecule has 0 fully saturated rings. The highest BCUT2D eigenvalue weighted by Crippen LogP contribution is 2.36. The number of benzene rings is 1. The largest absolute Gasteiger partial charge is 0.321 e. The third-order valence-electron chi connectivity index (χ3n) is 2.38. The lowest BCUT2D eigenvalue weighted by Crippen LogP contribution is -2.27. The summed E-state index contributed by atoms with van der Waals surface area (Å²) >= 11 is 7.86. The maximum absolute atomic E-state index is 6.16. The summed E-state index contributed by atoms with van der Waals surface area (Å²) in [5.74, 6) is 0. The van der Waals surface area contributed by atoms with E-state index in [9.17, 15) is 0 Å². The van der Waals surface area contributed by atoms with Gasteiger partial charge in [0, 0.05) is 25.9 Å². The number of thiophene rings is 1. The van der Waals surface area contributed by atoms with Gasteiger partial charge < -0.3 is 5.73 Å². The van der Waals surface area contributed by atoms with Crippen molar-refractivity contribution in [1.29, 1.82) is 0 Å². The van der Waals surface area contributed by atoms with E-state index in [0.717, 1.165) is 10.6 Å². The Labute approximate surface area is 105 Å². The summed E-state index contributed by atoms with van der Waals surface area (Å²) in [6.45, 7) is 4.02. The van der Waals surface area contributed by atoms with Crippen molar-refractivity contribution < 1.29 is 0 Å². The summed E-state index contributed by atoms with van der Waals surface area (Å²) in [6, 6.07) is 12.0. The van der Waals surface area contributed by atoms with E-state index in [0.29, 0.717) is 0 Å². The fourth-order valence-electron chi connectivity index (χ4n) is 1.49. The van der Waals surface area contributed by atoms with Gasteiger partial charge in [-0.05, 0) is 32.0 Å². The predicted molar refractivity (Wildman–Crippen MR) is 72.0 cm³/mol. The monoisotopic (exact) mass is 251 g/mol. The summed E-state index contributed by atoms with van der Waals surface area (Å²) in [4.78, 5) is 2.33. The molecule has 2 aromatic rings. The van der Waals surface area contributed by atoms with Crippen molar-refractivity contribution in [2.45, 2.75) is 19.4 Å². The SMILES string of the molecule is CC(C)(N)c1ccc(-c2ccccc2Cl)s1. The minimum absolute atomic E-state index is 0.288. The highest BCUT2D eigenvalue weighted by atomic mass is 35.5. The summed E-state index contributed by atoms with van der Waals surface area (Å²) in [6.07, 6.45) is 0. The van der Waals surface area contributed by atoms with E-state index in [1.165, 1.54) is 9.75 Å². The Balaban J connectivity index is 2.44.